The summed E-state index contributed by atoms with van der Waals surface area (Å²) in [7, 11) is 0. The highest BCUT2D eigenvalue weighted by atomic mass is 19.2. The van der Waals surface area contributed by atoms with Gasteiger partial charge in [-0.2, -0.15) is 4.39 Å². The highest BCUT2D eigenvalue weighted by Gasteiger charge is 2.34. The van der Waals surface area contributed by atoms with Gasteiger partial charge in [0.05, 0.1) is 6.61 Å². The topological polar surface area (TPSA) is 32.8 Å². The zero-order chi connectivity index (χ0) is 28.1. The minimum atomic E-state index is -1.52. The van der Waals surface area contributed by atoms with Crippen LogP contribution in [0.25, 0.3) is 16.7 Å². The number of hydrogen-bond donors (Lipinski definition) is 1. The fraction of sp³-hybridized carbons (Fsp3) is 0.375. The van der Waals surface area contributed by atoms with Crippen LogP contribution in [0.5, 0.6) is 5.75 Å². The Labute approximate surface area is 228 Å². The summed E-state index contributed by atoms with van der Waals surface area (Å²) in [5, 5.41) is 9.32. The Balaban J connectivity index is 1.12. The van der Waals surface area contributed by atoms with E-state index in [0.717, 1.165) is 44.2 Å². The van der Waals surface area contributed by atoms with Gasteiger partial charge in [0.25, 0.3) is 0 Å². The Morgan fingerprint density at radius 2 is 1.18 bits per heavy atom. The predicted octanol–water partition coefficient (Wildman–Crippen LogP) is 9.12. The quantitative estimate of drug-likeness (QED) is 0.250. The SMILES string of the molecule is Oc1ccc(-c2ccc(C3=CCC(C4CCC(c5ccc(C6CO6)c(F)c5F)CC4)CC3)c(F)c2F)c(F)c1F. The second-order valence-electron chi connectivity index (χ2n) is 11.1. The third kappa shape index (κ3) is 4.80. The summed E-state index contributed by atoms with van der Waals surface area (Å²) >= 11 is 0. The first-order chi connectivity index (χ1) is 19.2. The van der Waals surface area contributed by atoms with Gasteiger partial charge in [-0.05, 0) is 86.0 Å². The number of hydrogen-bond acceptors (Lipinski definition) is 2. The fourth-order valence-corrected chi connectivity index (χ4v) is 6.55. The predicted molar refractivity (Wildman–Crippen MR) is 138 cm³/mol. The van der Waals surface area contributed by atoms with E-state index in [9.17, 15) is 27.1 Å². The zero-order valence-electron chi connectivity index (χ0n) is 21.6. The number of aromatic hydroxyl groups is 1. The molecule has 2 nitrogen and oxygen atoms in total. The molecule has 40 heavy (non-hydrogen) atoms. The van der Waals surface area contributed by atoms with Crippen molar-refractivity contribution < 1.29 is 36.2 Å². The first kappa shape index (κ1) is 26.9. The van der Waals surface area contributed by atoms with E-state index >= 15 is 4.39 Å². The molecule has 2 unspecified atom stereocenters. The van der Waals surface area contributed by atoms with E-state index in [-0.39, 0.29) is 23.1 Å². The van der Waals surface area contributed by atoms with Crippen molar-refractivity contribution in [2.24, 2.45) is 11.8 Å². The van der Waals surface area contributed by atoms with Gasteiger partial charge >= 0.3 is 0 Å². The van der Waals surface area contributed by atoms with Crippen LogP contribution >= 0.6 is 0 Å². The molecule has 1 aliphatic heterocycles. The molecule has 8 heteroatoms. The van der Waals surface area contributed by atoms with Crippen molar-refractivity contribution in [2.45, 2.75) is 57.0 Å². The maximum atomic E-state index is 15.1. The third-order valence-electron chi connectivity index (χ3n) is 8.93. The minimum Gasteiger partial charge on any atom is -0.505 e. The number of phenols is 1. The second kappa shape index (κ2) is 10.6. The molecular formula is C32H28F6O2. The summed E-state index contributed by atoms with van der Waals surface area (Å²) in [5.41, 5.74) is 0.592. The lowest BCUT2D eigenvalue weighted by atomic mass is 9.70. The van der Waals surface area contributed by atoms with Gasteiger partial charge in [-0.25, -0.2) is 22.0 Å². The fourth-order valence-electron chi connectivity index (χ4n) is 6.55. The maximum Gasteiger partial charge on any atom is 0.200 e. The molecular weight excluding hydrogens is 530 g/mol. The van der Waals surface area contributed by atoms with Crippen molar-refractivity contribution in [3.05, 3.63) is 94.1 Å². The summed E-state index contributed by atoms with van der Waals surface area (Å²) in [4.78, 5) is 0. The van der Waals surface area contributed by atoms with Gasteiger partial charge in [-0.1, -0.05) is 30.3 Å². The number of epoxide rings is 1. The number of allylic oxidation sites excluding steroid dienone is 2. The molecule has 210 valence electrons. The van der Waals surface area contributed by atoms with Crippen LogP contribution in [0, 0.1) is 46.7 Å². The van der Waals surface area contributed by atoms with Crippen LogP contribution in [0.2, 0.25) is 0 Å². The molecule has 0 aromatic heterocycles. The average molecular weight is 559 g/mol. The number of rotatable bonds is 5. The van der Waals surface area contributed by atoms with Gasteiger partial charge in [-0.3, -0.25) is 0 Å². The summed E-state index contributed by atoms with van der Waals surface area (Å²) in [5.74, 6) is -7.09. The van der Waals surface area contributed by atoms with Crippen LogP contribution in [-0.2, 0) is 4.74 Å². The monoisotopic (exact) mass is 558 g/mol. The van der Waals surface area contributed by atoms with Gasteiger partial charge in [0, 0.05) is 22.3 Å². The number of ether oxygens (including phenoxy) is 1. The van der Waals surface area contributed by atoms with E-state index in [0.29, 0.717) is 42.4 Å². The van der Waals surface area contributed by atoms with Crippen molar-refractivity contribution in [1.29, 1.82) is 0 Å². The molecule has 2 aliphatic carbocycles. The van der Waals surface area contributed by atoms with Gasteiger partial charge < -0.3 is 9.84 Å². The first-order valence-electron chi connectivity index (χ1n) is 13.7. The van der Waals surface area contributed by atoms with Crippen LogP contribution in [0.15, 0.2) is 42.5 Å². The van der Waals surface area contributed by atoms with E-state index in [2.05, 4.69) is 0 Å². The molecule has 1 N–H and O–H groups in total. The van der Waals surface area contributed by atoms with Crippen LogP contribution in [0.4, 0.5) is 26.3 Å². The molecule has 1 heterocycles. The lowest BCUT2D eigenvalue weighted by Gasteiger charge is -2.36. The normalized spacial score (nSPS) is 24.6. The van der Waals surface area contributed by atoms with Gasteiger partial charge in [0.2, 0.25) is 5.82 Å². The summed E-state index contributed by atoms with van der Waals surface area (Å²) in [6, 6.07) is 7.84. The van der Waals surface area contributed by atoms with Crippen LogP contribution in [0.3, 0.4) is 0 Å². The third-order valence-corrected chi connectivity index (χ3v) is 8.93. The van der Waals surface area contributed by atoms with Crippen LogP contribution in [0.1, 0.15) is 73.7 Å². The molecule has 0 radical (unpaired) electrons. The highest BCUT2D eigenvalue weighted by Crippen LogP contribution is 2.46. The lowest BCUT2D eigenvalue weighted by molar-refractivity contribution is 0.218. The Bertz CT molecular complexity index is 1490. The molecule has 0 bridgehead atoms. The van der Waals surface area contributed by atoms with Crippen molar-refractivity contribution in [2.75, 3.05) is 6.61 Å². The molecule has 0 amide bonds. The Morgan fingerprint density at radius 3 is 1.82 bits per heavy atom. The Kier molecular flexibility index (Phi) is 7.15. The molecule has 1 saturated heterocycles. The summed E-state index contributed by atoms with van der Waals surface area (Å²) < 4.78 is 92.5. The van der Waals surface area contributed by atoms with Crippen molar-refractivity contribution in [1.82, 2.24) is 0 Å². The molecule has 2 fully saturated rings. The van der Waals surface area contributed by atoms with Crippen LogP contribution in [-0.4, -0.2) is 11.7 Å². The number of phenolic OH excluding ortho intramolecular Hbond substituents is 1. The molecule has 1 saturated carbocycles. The van der Waals surface area contributed by atoms with E-state index in [1.165, 1.54) is 12.1 Å². The average Bonchev–Trinajstić information content (AvgIpc) is 3.81. The summed E-state index contributed by atoms with van der Waals surface area (Å²) in [6.45, 7) is 0.423. The molecule has 0 spiro atoms. The lowest BCUT2D eigenvalue weighted by Crippen LogP contribution is -2.23. The Hall–Kier alpha value is -3.26. The smallest absolute Gasteiger partial charge is 0.200 e. The minimum absolute atomic E-state index is 0.0305. The van der Waals surface area contributed by atoms with E-state index < -0.39 is 51.8 Å². The van der Waals surface area contributed by atoms with Crippen molar-refractivity contribution in [3.8, 4) is 16.9 Å². The zero-order valence-corrected chi connectivity index (χ0v) is 21.6. The number of benzene rings is 3. The molecule has 2 atom stereocenters. The van der Waals surface area contributed by atoms with Crippen molar-refractivity contribution in [3.63, 3.8) is 0 Å². The standard InChI is InChI=1S/C32H28F6O2/c33-27-20(9-11-22(29(27)35)23-13-14-25(39)32(38)30(23)36)18-5-1-16(2-6-18)17-3-7-19(8-4-17)21-10-12-24(26-15-40-26)31(37)28(21)34/h5,9-14,16-17,19,26,39H,1-4,6-8,15H2. The second-order valence-corrected chi connectivity index (χ2v) is 11.1. The highest BCUT2D eigenvalue weighted by molar-refractivity contribution is 5.72. The summed E-state index contributed by atoms with van der Waals surface area (Å²) in [6.07, 6.45) is 6.94. The molecule has 3 aromatic carbocycles. The molecule has 6 rings (SSSR count). The van der Waals surface area contributed by atoms with Crippen LogP contribution < -0.4 is 0 Å². The molecule has 3 aromatic rings. The van der Waals surface area contributed by atoms with Gasteiger partial charge in [0.15, 0.2) is 34.8 Å². The van der Waals surface area contributed by atoms with Crippen molar-refractivity contribution >= 4 is 5.57 Å². The van der Waals surface area contributed by atoms with E-state index in [1.807, 2.05) is 6.08 Å². The largest absolute Gasteiger partial charge is 0.505 e. The van der Waals surface area contributed by atoms with Gasteiger partial charge in [-0.15, -0.1) is 0 Å². The molecule has 3 aliphatic rings. The van der Waals surface area contributed by atoms with E-state index in [1.54, 1.807) is 12.1 Å². The van der Waals surface area contributed by atoms with Gasteiger partial charge in [0.1, 0.15) is 6.10 Å². The first-order valence-corrected chi connectivity index (χ1v) is 13.7. The number of halogens is 6. The maximum absolute atomic E-state index is 15.1. The Morgan fingerprint density at radius 1 is 0.600 bits per heavy atom. The van der Waals surface area contributed by atoms with E-state index in [4.69, 9.17) is 4.74 Å².